The Labute approximate surface area is 125 Å². The average molecular weight is 287 g/mol. The molecule has 0 saturated heterocycles. The third-order valence-electron chi connectivity index (χ3n) is 2.99. The number of ether oxygens (including phenoxy) is 2. The molecule has 0 amide bonds. The molecule has 1 aromatic carbocycles. The number of benzene rings is 1. The van der Waals surface area contributed by atoms with Crippen LogP contribution >= 0.6 is 0 Å². The lowest BCUT2D eigenvalue weighted by Crippen LogP contribution is -2.08. The Morgan fingerprint density at radius 3 is 2.86 bits per heavy atom. The maximum absolute atomic E-state index is 5.49. The van der Waals surface area contributed by atoms with Crippen molar-refractivity contribution in [2.24, 2.45) is 0 Å². The van der Waals surface area contributed by atoms with Crippen LogP contribution in [0.4, 0.5) is 5.82 Å². The summed E-state index contributed by atoms with van der Waals surface area (Å²) in [6, 6.07) is 9.83. The molecule has 2 rings (SSSR count). The van der Waals surface area contributed by atoms with Crippen LogP contribution in [0.25, 0.3) is 0 Å². The van der Waals surface area contributed by atoms with Crippen LogP contribution in [-0.2, 0) is 6.42 Å². The topological polar surface area (TPSA) is 56.3 Å². The van der Waals surface area contributed by atoms with Gasteiger partial charge in [0.25, 0.3) is 0 Å². The highest BCUT2D eigenvalue weighted by molar-refractivity contribution is 5.38. The molecule has 5 nitrogen and oxygen atoms in total. The van der Waals surface area contributed by atoms with E-state index in [0.29, 0.717) is 12.5 Å². The quantitative estimate of drug-likeness (QED) is 0.809. The van der Waals surface area contributed by atoms with Gasteiger partial charge < -0.3 is 14.8 Å². The minimum atomic E-state index is 0.603. The van der Waals surface area contributed by atoms with Crippen molar-refractivity contribution in [2.75, 3.05) is 25.6 Å². The number of hydrogen-bond acceptors (Lipinski definition) is 5. The molecule has 21 heavy (non-hydrogen) atoms. The van der Waals surface area contributed by atoms with Crippen molar-refractivity contribution in [3.05, 3.63) is 42.2 Å². The summed E-state index contributed by atoms with van der Waals surface area (Å²) >= 11 is 0. The van der Waals surface area contributed by atoms with Crippen molar-refractivity contribution in [1.29, 1.82) is 0 Å². The van der Waals surface area contributed by atoms with Crippen molar-refractivity contribution in [1.82, 2.24) is 9.97 Å². The van der Waals surface area contributed by atoms with E-state index in [4.69, 9.17) is 9.47 Å². The predicted molar refractivity (Wildman–Crippen MR) is 83.0 cm³/mol. The first-order chi connectivity index (χ1) is 10.3. The van der Waals surface area contributed by atoms with Gasteiger partial charge in [-0.05, 0) is 24.5 Å². The van der Waals surface area contributed by atoms with Crippen molar-refractivity contribution >= 4 is 5.82 Å². The second-order valence-electron chi connectivity index (χ2n) is 4.58. The summed E-state index contributed by atoms with van der Waals surface area (Å²) < 4.78 is 10.8. The van der Waals surface area contributed by atoms with Gasteiger partial charge in [0.2, 0.25) is 5.88 Å². The minimum Gasteiger partial charge on any atom is -0.496 e. The lowest BCUT2D eigenvalue weighted by atomic mass is 10.1. The van der Waals surface area contributed by atoms with Crippen LogP contribution in [0.2, 0.25) is 0 Å². The van der Waals surface area contributed by atoms with Crippen molar-refractivity contribution in [3.63, 3.8) is 0 Å². The van der Waals surface area contributed by atoms with E-state index in [0.717, 1.165) is 31.0 Å². The molecule has 0 unspecified atom stereocenters. The summed E-state index contributed by atoms with van der Waals surface area (Å²) in [6.45, 7) is 3.50. The summed E-state index contributed by atoms with van der Waals surface area (Å²) in [7, 11) is 1.69. The molecule has 0 aliphatic rings. The number of nitrogens with one attached hydrogen (secondary N) is 1. The molecule has 0 spiro atoms. The molecule has 1 aromatic heterocycles. The summed E-state index contributed by atoms with van der Waals surface area (Å²) in [5.74, 6) is 2.28. The van der Waals surface area contributed by atoms with Crippen molar-refractivity contribution in [3.8, 4) is 11.6 Å². The Kier molecular flexibility index (Phi) is 5.82. The second kappa shape index (κ2) is 8.09. The lowest BCUT2D eigenvalue weighted by molar-refractivity contribution is 0.305. The van der Waals surface area contributed by atoms with Crippen LogP contribution in [0.1, 0.15) is 18.9 Å². The first kappa shape index (κ1) is 15.1. The summed E-state index contributed by atoms with van der Waals surface area (Å²) in [4.78, 5) is 8.26. The summed E-state index contributed by atoms with van der Waals surface area (Å²) in [6.07, 6.45) is 3.33. The van der Waals surface area contributed by atoms with E-state index in [9.17, 15) is 0 Å². The Hall–Kier alpha value is -2.30. The standard InChI is InChI=1S/C16H21N3O2/c1-3-10-21-16-11-15(18-12-19-16)17-9-8-13-6-4-5-7-14(13)20-2/h4-7,11-12H,3,8-10H2,1-2H3,(H,17,18,19). The van der Waals surface area contributed by atoms with Crippen LogP contribution in [0, 0.1) is 0 Å². The summed E-state index contributed by atoms with van der Waals surface area (Å²) in [5, 5.41) is 3.27. The van der Waals surface area contributed by atoms with E-state index < -0.39 is 0 Å². The van der Waals surface area contributed by atoms with Gasteiger partial charge in [-0.25, -0.2) is 9.97 Å². The van der Waals surface area contributed by atoms with Crippen molar-refractivity contribution in [2.45, 2.75) is 19.8 Å². The molecule has 0 saturated carbocycles. The Morgan fingerprint density at radius 1 is 1.19 bits per heavy atom. The molecule has 2 aromatic rings. The van der Waals surface area contributed by atoms with Crippen LogP contribution < -0.4 is 14.8 Å². The summed E-state index contributed by atoms with van der Waals surface area (Å²) in [5.41, 5.74) is 1.17. The number of methoxy groups -OCH3 is 1. The highest BCUT2D eigenvalue weighted by Crippen LogP contribution is 2.18. The fraction of sp³-hybridized carbons (Fsp3) is 0.375. The molecular formula is C16H21N3O2. The van der Waals surface area contributed by atoms with Gasteiger partial charge >= 0.3 is 0 Å². The monoisotopic (exact) mass is 287 g/mol. The highest BCUT2D eigenvalue weighted by atomic mass is 16.5. The van der Waals surface area contributed by atoms with E-state index in [1.54, 1.807) is 7.11 Å². The van der Waals surface area contributed by atoms with Crippen LogP contribution in [0.5, 0.6) is 11.6 Å². The zero-order chi connectivity index (χ0) is 14.9. The molecule has 0 fully saturated rings. The molecule has 0 aliphatic heterocycles. The third kappa shape index (κ3) is 4.63. The van der Waals surface area contributed by atoms with E-state index in [-0.39, 0.29) is 0 Å². The molecule has 0 aliphatic carbocycles. The van der Waals surface area contributed by atoms with Gasteiger partial charge in [-0.2, -0.15) is 0 Å². The van der Waals surface area contributed by atoms with Crippen LogP contribution in [0.3, 0.4) is 0 Å². The molecule has 0 bridgehead atoms. The smallest absolute Gasteiger partial charge is 0.218 e. The average Bonchev–Trinajstić information content (AvgIpc) is 2.54. The largest absolute Gasteiger partial charge is 0.496 e. The fourth-order valence-corrected chi connectivity index (χ4v) is 1.96. The minimum absolute atomic E-state index is 0.603. The first-order valence-electron chi connectivity index (χ1n) is 7.14. The van der Waals surface area contributed by atoms with Gasteiger partial charge in [0.15, 0.2) is 0 Å². The van der Waals surface area contributed by atoms with E-state index in [1.807, 2.05) is 24.3 Å². The Bertz CT molecular complexity index is 561. The number of hydrogen-bond donors (Lipinski definition) is 1. The molecule has 5 heteroatoms. The van der Waals surface area contributed by atoms with Crippen LogP contribution in [0.15, 0.2) is 36.7 Å². The zero-order valence-corrected chi connectivity index (χ0v) is 12.5. The molecule has 1 heterocycles. The number of para-hydroxylation sites is 1. The maximum atomic E-state index is 5.49. The van der Waals surface area contributed by atoms with Gasteiger partial charge in [-0.1, -0.05) is 25.1 Å². The number of anilines is 1. The molecular weight excluding hydrogens is 266 g/mol. The van der Waals surface area contributed by atoms with Gasteiger partial charge in [0, 0.05) is 12.6 Å². The van der Waals surface area contributed by atoms with Crippen molar-refractivity contribution < 1.29 is 9.47 Å². The van der Waals surface area contributed by atoms with E-state index in [2.05, 4.69) is 28.3 Å². The zero-order valence-electron chi connectivity index (χ0n) is 12.5. The highest BCUT2D eigenvalue weighted by Gasteiger charge is 2.02. The van der Waals surface area contributed by atoms with Crippen LogP contribution in [-0.4, -0.2) is 30.2 Å². The lowest BCUT2D eigenvalue weighted by Gasteiger charge is -2.10. The normalized spacial score (nSPS) is 10.2. The van der Waals surface area contributed by atoms with E-state index in [1.165, 1.54) is 11.9 Å². The Morgan fingerprint density at radius 2 is 2.05 bits per heavy atom. The predicted octanol–water partition coefficient (Wildman–Crippen LogP) is 2.93. The van der Waals surface area contributed by atoms with Gasteiger partial charge in [0.05, 0.1) is 13.7 Å². The Balaban J connectivity index is 1.88. The number of rotatable bonds is 8. The fourth-order valence-electron chi connectivity index (χ4n) is 1.96. The second-order valence-corrected chi connectivity index (χ2v) is 4.58. The first-order valence-corrected chi connectivity index (χ1v) is 7.14. The van der Waals surface area contributed by atoms with Gasteiger partial charge in [-0.15, -0.1) is 0 Å². The number of aromatic nitrogens is 2. The molecule has 0 radical (unpaired) electrons. The maximum Gasteiger partial charge on any atom is 0.218 e. The molecule has 1 N–H and O–H groups in total. The molecule has 0 atom stereocenters. The third-order valence-corrected chi connectivity index (χ3v) is 2.99. The SMILES string of the molecule is CCCOc1cc(NCCc2ccccc2OC)ncn1. The number of nitrogens with zero attached hydrogens (tertiary/aromatic N) is 2. The molecule has 112 valence electrons. The van der Waals surface area contributed by atoms with E-state index >= 15 is 0 Å². The van der Waals surface area contributed by atoms with Gasteiger partial charge in [0.1, 0.15) is 17.9 Å². The van der Waals surface area contributed by atoms with Gasteiger partial charge in [-0.3, -0.25) is 0 Å².